The lowest BCUT2D eigenvalue weighted by Gasteiger charge is -2.19. The highest BCUT2D eigenvalue weighted by Crippen LogP contribution is 2.12. The van der Waals surface area contributed by atoms with E-state index in [-0.39, 0.29) is 0 Å². The Morgan fingerprint density at radius 2 is 2.10 bits per heavy atom. The molecule has 0 saturated carbocycles. The van der Waals surface area contributed by atoms with Crippen molar-refractivity contribution >= 4 is 11.8 Å². The minimum absolute atomic E-state index is 0.688. The summed E-state index contributed by atoms with van der Waals surface area (Å²) >= 11 is 2.07. The zero-order valence-corrected chi connectivity index (χ0v) is 13.6. The number of pyridine rings is 1. The van der Waals surface area contributed by atoms with Gasteiger partial charge in [-0.3, -0.25) is 9.88 Å². The summed E-state index contributed by atoms with van der Waals surface area (Å²) in [5.74, 6) is 3.26. The number of nitrogens with zero attached hydrogens (tertiary/aromatic N) is 2. The Labute approximate surface area is 127 Å². The molecule has 1 aliphatic rings. The van der Waals surface area contributed by atoms with Crippen LogP contribution in [0.1, 0.15) is 31.7 Å². The highest BCUT2D eigenvalue weighted by Gasteiger charge is 2.10. The second-order valence-corrected chi connectivity index (χ2v) is 7.11. The smallest absolute Gasteiger partial charge is 0.0547 e. The van der Waals surface area contributed by atoms with Crippen LogP contribution >= 0.6 is 11.8 Å². The Kier molecular flexibility index (Phi) is 6.83. The molecule has 0 radical (unpaired) electrons. The molecule has 1 N–H and O–H groups in total. The molecule has 1 fully saturated rings. The molecule has 2 rings (SSSR count). The molecule has 2 heterocycles. The van der Waals surface area contributed by atoms with E-state index in [1.54, 1.807) is 0 Å². The lowest BCUT2D eigenvalue weighted by atomic mass is 10.2. The van der Waals surface area contributed by atoms with Crippen molar-refractivity contribution < 1.29 is 0 Å². The van der Waals surface area contributed by atoms with E-state index in [2.05, 4.69) is 54.0 Å². The van der Waals surface area contributed by atoms with E-state index in [4.69, 9.17) is 4.98 Å². The fraction of sp³-hybridized carbons (Fsp3) is 0.688. The average Bonchev–Trinajstić information content (AvgIpc) is 2.67. The Hall–Kier alpha value is -0.580. The molecule has 3 nitrogen and oxygen atoms in total. The third-order valence-electron chi connectivity index (χ3n) is 3.42. The molecule has 0 aromatic carbocycles. The first-order chi connectivity index (χ1) is 9.74. The van der Waals surface area contributed by atoms with Crippen LogP contribution in [-0.2, 0) is 13.1 Å². The van der Waals surface area contributed by atoms with Gasteiger partial charge in [0, 0.05) is 25.4 Å². The maximum atomic E-state index is 4.78. The first-order valence-corrected chi connectivity index (χ1v) is 8.85. The molecule has 0 aliphatic carbocycles. The average molecular weight is 293 g/mol. The van der Waals surface area contributed by atoms with Gasteiger partial charge in [0.15, 0.2) is 0 Å². The third-order valence-corrected chi connectivity index (χ3v) is 4.47. The van der Waals surface area contributed by atoms with Gasteiger partial charge in [0.2, 0.25) is 0 Å². The van der Waals surface area contributed by atoms with Crippen molar-refractivity contribution in [3.05, 3.63) is 29.6 Å². The molecule has 1 aromatic heterocycles. The summed E-state index contributed by atoms with van der Waals surface area (Å²) < 4.78 is 0. The van der Waals surface area contributed by atoms with Crippen LogP contribution in [0.2, 0.25) is 0 Å². The van der Waals surface area contributed by atoms with Gasteiger partial charge in [0.05, 0.1) is 11.4 Å². The van der Waals surface area contributed by atoms with E-state index in [9.17, 15) is 0 Å². The van der Waals surface area contributed by atoms with E-state index in [1.165, 1.54) is 36.7 Å². The molecule has 0 spiro atoms. The molecule has 0 amide bonds. The summed E-state index contributed by atoms with van der Waals surface area (Å²) in [6.07, 6.45) is 1.31. The van der Waals surface area contributed by atoms with Crippen LogP contribution in [0.5, 0.6) is 0 Å². The Morgan fingerprint density at radius 3 is 2.95 bits per heavy atom. The third kappa shape index (κ3) is 5.81. The molecule has 1 aromatic rings. The summed E-state index contributed by atoms with van der Waals surface area (Å²) in [5, 5.41) is 3.46. The molecule has 1 saturated heterocycles. The maximum absolute atomic E-state index is 4.78. The number of rotatable bonds is 6. The number of thioether (sulfide) groups is 1. The van der Waals surface area contributed by atoms with E-state index < -0.39 is 0 Å². The second-order valence-electron chi connectivity index (χ2n) is 5.89. The van der Waals surface area contributed by atoms with Crippen LogP contribution in [0.15, 0.2) is 18.2 Å². The zero-order chi connectivity index (χ0) is 14.2. The molecular formula is C16H27N3S. The summed E-state index contributed by atoms with van der Waals surface area (Å²) in [5.41, 5.74) is 2.37. The van der Waals surface area contributed by atoms with Crippen LogP contribution < -0.4 is 5.32 Å². The van der Waals surface area contributed by atoms with Crippen molar-refractivity contribution in [2.75, 3.05) is 31.1 Å². The molecule has 112 valence electrons. The van der Waals surface area contributed by atoms with Gasteiger partial charge >= 0.3 is 0 Å². The van der Waals surface area contributed by atoms with E-state index in [0.717, 1.165) is 25.3 Å². The highest BCUT2D eigenvalue weighted by molar-refractivity contribution is 7.99. The van der Waals surface area contributed by atoms with Gasteiger partial charge in [0.1, 0.15) is 0 Å². The van der Waals surface area contributed by atoms with Crippen molar-refractivity contribution in [2.24, 2.45) is 5.92 Å². The van der Waals surface area contributed by atoms with Gasteiger partial charge < -0.3 is 5.32 Å². The van der Waals surface area contributed by atoms with E-state index in [1.807, 2.05) is 0 Å². The van der Waals surface area contributed by atoms with Gasteiger partial charge in [-0.15, -0.1) is 0 Å². The first kappa shape index (κ1) is 15.8. The van der Waals surface area contributed by atoms with Crippen molar-refractivity contribution in [1.82, 2.24) is 15.2 Å². The summed E-state index contributed by atoms with van der Waals surface area (Å²) in [7, 11) is 0. The van der Waals surface area contributed by atoms with E-state index >= 15 is 0 Å². The van der Waals surface area contributed by atoms with Crippen LogP contribution in [0.25, 0.3) is 0 Å². The van der Waals surface area contributed by atoms with Gasteiger partial charge in [-0.1, -0.05) is 19.9 Å². The predicted molar refractivity (Wildman–Crippen MR) is 88.0 cm³/mol. The molecule has 0 bridgehead atoms. The first-order valence-electron chi connectivity index (χ1n) is 7.69. The standard InChI is InChI=1S/C16H27N3S/c1-14(2)11-17-12-15-5-3-6-16(18-15)13-19-7-4-9-20-10-8-19/h3,5-6,14,17H,4,7-13H2,1-2H3. The van der Waals surface area contributed by atoms with Gasteiger partial charge in [-0.05, 0) is 43.3 Å². The molecular weight excluding hydrogens is 266 g/mol. The Balaban J connectivity index is 1.84. The minimum Gasteiger partial charge on any atom is -0.311 e. The second kappa shape index (κ2) is 8.65. The number of hydrogen-bond donors (Lipinski definition) is 1. The topological polar surface area (TPSA) is 28.2 Å². The van der Waals surface area contributed by atoms with E-state index in [0.29, 0.717) is 5.92 Å². The monoisotopic (exact) mass is 293 g/mol. The van der Waals surface area contributed by atoms with Gasteiger partial charge in [0.25, 0.3) is 0 Å². The van der Waals surface area contributed by atoms with Crippen molar-refractivity contribution in [3.8, 4) is 0 Å². The lowest BCUT2D eigenvalue weighted by molar-refractivity contribution is 0.284. The fourth-order valence-electron chi connectivity index (χ4n) is 2.39. The molecule has 4 heteroatoms. The van der Waals surface area contributed by atoms with Crippen LogP contribution in [0, 0.1) is 5.92 Å². The minimum atomic E-state index is 0.688. The molecule has 0 atom stereocenters. The van der Waals surface area contributed by atoms with Gasteiger partial charge in [-0.25, -0.2) is 0 Å². The number of hydrogen-bond acceptors (Lipinski definition) is 4. The SMILES string of the molecule is CC(C)CNCc1cccc(CN2CCCSCC2)n1. The summed E-state index contributed by atoms with van der Waals surface area (Å²) in [4.78, 5) is 7.32. The number of nitrogens with one attached hydrogen (secondary N) is 1. The van der Waals surface area contributed by atoms with Crippen molar-refractivity contribution in [2.45, 2.75) is 33.4 Å². The highest BCUT2D eigenvalue weighted by atomic mass is 32.2. The number of aromatic nitrogens is 1. The molecule has 0 unspecified atom stereocenters. The largest absolute Gasteiger partial charge is 0.311 e. The van der Waals surface area contributed by atoms with Gasteiger partial charge in [-0.2, -0.15) is 11.8 Å². The van der Waals surface area contributed by atoms with Crippen molar-refractivity contribution in [1.29, 1.82) is 0 Å². The van der Waals surface area contributed by atoms with Crippen LogP contribution in [-0.4, -0.2) is 41.0 Å². The molecule has 1 aliphatic heterocycles. The summed E-state index contributed by atoms with van der Waals surface area (Å²) in [6, 6.07) is 6.42. The molecule has 20 heavy (non-hydrogen) atoms. The maximum Gasteiger partial charge on any atom is 0.0547 e. The van der Waals surface area contributed by atoms with Crippen molar-refractivity contribution in [3.63, 3.8) is 0 Å². The normalized spacial score (nSPS) is 17.4. The predicted octanol–water partition coefficient (Wildman–Crippen LogP) is 2.77. The Morgan fingerprint density at radius 1 is 1.25 bits per heavy atom. The van der Waals surface area contributed by atoms with Crippen LogP contribution in [0.3, 0.4) is 0 Å². The fourth-order valence-corrected chi connectivity index (χ4v) is 3.31. The quantitative estimate of drug-likeness (QED) is 0.873. The Bertz CT molecular complexity index is 387. The van der Waals surface area contributed by atoms with Crippen LogP contribution in [0.4, 0.5) is 0 Å². The zero-order valence-electron chi connectivity index (χ0n) is 12.8. The summed E-state index contributed by atoms with van der Waals surface area (Å²) in [6.45, 7) is 9.80. The lowest BCUT2D eigenvalue weighted by Crippen LogP contribution is -2.26.